The fourth-order valence-corrected chi connectivity index (χ4v) is 14.7. The maximum atomic E-state index is 6.85. The van der Waals surface area contributed by atoms with Gasteiger partial charge in [-0.2, -0.15) is 0 Å². The first kappa shape index (κ1) is 40.9. The first-order chi connectivity index (χ1) is 35.9. The van der Waals surface area contributed by atoms with Crippen molar-refractivity contribution in [3.63, 3.8) is 0 Å². The summed E-state index contributed by atoms with van der Waals surface area (Å²) in [6.07, 6.45) is 0. The molecule has 73 heavy (non-hydrogen) atoms. The summed E-state index contributed by atoms with van der Waals surface area (Å²) in [6.45, 7) is 4.75. The summed E-state index contributed by atoms with van der Waals surface area (Å²) in [5, 5.41) is 2.62. The molecule has 1 unspecified atom stereocenters. The Morgan fingerprint density at radius 1 is 0.301 bits per heavy atom. The Bertz CT molecular complexity index is 4360. The predicted octanol–water partition coefficient (Wildman–Crippen LogP) is 19.3. The molecule has 12 aromatic rings. The summed E-state index contributed by atoms with van der Waals surface area (Å²) in [5.41, 5.74) is 25.0. The number of fused-ring (bicyclic) bond motifs is 23. The van der Waals surface area contributed by atoms with Gasteiger partial charge in [-0.15, -0.1) is 11.3 Å². The third kappa shape index (κ3) is 5.52. The molecule has 0 bridgehead atoms. The van der Waals surface area contributed by atoms with Crippen molar-refractivity contribution in [2.45, 2.75) is 24.7 Å². The maximum absolute atomic E-state index is 6.85. The molecule has 342 valence electrons. The minimum absolute atomic E-state index is 0.187. The van der Waals surface area contributed by atoms with Gasteiger partial charge in [0, 0.05) is 53.8 Å². The van der Waals surface area contributed by atoms with Crippen LogP contribution in [0.4, 0.5) is 17.1 Å². The lowest BCUT2D eigenvalue weighted by Gasteiger charge is -2.36. The van der Waals surface area contributed by atoms with Crippen LogP contribution >= 0.6 is 11.3 Å². The Hall–Kier alpha value is -8.76. The number of benzene rings is 11. The fourth-order valence-electron chi connectivity index (χ4n) is 13.5. The van der Waals surface area contributed by atoms with Crippen LogP contribution in [0.3, 0.4) is 0 Å². The maximum Gasteiger partial charge on any atom is 0.135 e. The molecule has 1 atom stereocenters. The number of hydrogen-bond donors (Lipinski definition) is 0. The topological polar surface area (TPSA) is 12.5 Å². The minimum atomic E-state index is -0.624. The van der Waals surface area contributed by atoms with Crippen LogP contribution in [0.2, 0.25) is 0 Å². The van der Waals surface area contributed by atoms with E-state index >= 15 is 0 Å². The summed E-state index contributed by atoms with van der Waals surface area (Å²) < 4.78 is 9.49. The van der Waals surface area contributed by atoms with Crippen LogP contribution in [0, 0.1) is 0 Å². The van der Waals surface area contributed by atoms with Crippen LogP contribution in [0.1, 0.15) is 47.2 Å². The number of thiophene rings is 1. The zero-order valence-corrected chi connectivity index (χ0v) is 41.1. The van der Waals surface area contributed by atoms with E-state index in [9.17, 15) is 0 Å². The molecule has 16 rings (SSSR count). The molecule has 0 N–H and O–H groups in total. The number of hydrogen-bond acceptors (Lipinski definition) is 3. The summed E-state index contributed by atoms with van der Waals surface area (Å²) >= 11 is 1.90. The average molecular weight is 948 g/mol. The van der Waals surface area contributed by atoms with Gasteiger partial charge in [-0.25, -0.2) is 0 Å². The lowest BCUT2D eigenvalue weighted by molar-refractivity contribution is 0.488. The number of nitrogens with zero attached hydrogens (tertiary/aromatic N) is 1. The third-order valence-corrected chi connectivity index (χ3v) is 17.8. The second kappa shape index (κ2) is 14.9. The first-order valence-corrected chi connectivity index (χ1v) is 26.2. The van der Waals surface area contributed by atoms with E-state index in [1.807, 2.05) is 11.3 Å². The van der Waals surface area contributed by atoms with Crippen molar-refractivity contribution in [2.75, 3.05) is 4.90 Å². The van der Waals surface area contributed by atoms with Crippen molar-refractivity contribution in [3.05, 3.63) is 270 Å². The van der Waals surface area contributed by atoms with Gasteiger partial charge in [0.2, 0.25) is 0 Å². The summed E-state index contributed by atoms with van der Waals surface area (Å²) in [5.74, 6) is 1.70. The van der Waals surface area contributed by atoms with Gasteiger partial charge in [0.25, 0.3) is 0 Å². The largest absolute Gasteiger partial charge is 0.456 e. The van der Waals surface area contributed by atoms with Gasteiger partial charge in [0.1, 0.15) is 11.5 Å². The Balaban J connectivity index is 0.986. The van der Waals surface area contributed by atoms with Gasteiger partial charge in [-0.3, -0.25) is 0 Å². The van der Waals surface area contributed by atoms with E-state index in [1.54, 1.807) is 0 Å². The van der Waals surface area contributed by atoms with Crippen LogP contribution in [-0.4, -0.2) is 0 Å². The molecular formula is C70H45NOS. The predicted molar refractivity (Wildman–Crippen MR) is 304 cm³/mol. The van der Waals surface area contributed by atoms with E-state index in [4.69, 9.17) is 4.74 Å². The molecule has 0 radical (unpaired) electrons. The molecule has 2 heterocycles. The highest BCUT2D eigenvalue weighted by Crippen LogP contribution is 2.63. The van der Waals surface area contributed by atoms with Crippen LogP contribution in [0.5, 0.6) is 11.5 Å². The van der Waals surface area contributed by atoms with Crippen molar-refractivity contribution in [3.8, 4) is 78.3 Å². The van der Waals surface area contributed by atoms with Gasteiger partial charge in [0.05, 0.1) is 5.41 Å². The summed E-state index contributed by atoms with van der Waals surface area (Å²) in [6, 6.07) is 88.9. The van der Waals surface area contributed by atoms with Gasteiger partial charge in [-0.1, -0.05) is 184 Å². The molecule has 2 nitrogen and oxygen atoms in total. The van der Waals surface area contributed by atoms with Crippen molar-refractivity contribution in [1.29, 1.82) is 0 Å². The third-order valence-electron chi connectivity index (χ3n) is 16.7. The van der Waals surface area contributed by atoms with Crippen molar-refractivity contribution >= 4 is 48.6 Å². The molecule has 1 aliphatic heterocycles. The molecule has 3 heteroatoms. The molecule has 4 aliphatic rings. The van der Waals surface area contributed by atoms with Gasteiger partial charge >= 0.3 is 0 Å². The Kier molecular flexibility index (Phi) is 8.35. The normalized spacial score (nSPS) is 15.5. The number of ether oxygens (including phenoxy) is 1. The quantitative estimate of drug-likeness (QED) is 0.175. The summed E-state index contributed by atoms with van der Waals surface area (Å²) in [4.78, 5) is 2.49. The highest BCUT2D eigenvalue weighted by molar-refractivity contribution is 7.25. The average Bonchev–Trinajstić information content (AvgIpc) is 3.96. The molecular weight excluding hydrogens is 903 g/mol. The van der Waals surface area contributed by atoms with Crippen LogP contribution in [0.25, 0.3) is 86.9 Å². The first-order valence-electron chi connectivity index (χ1n) is 25.4. The molecule has 0 saturated heterocycles. The van der Waals surface area contributed by atoms with E-state index < -0.39 is 5.41 Å². The van der Waals surface area contributed by atoms with E-state index in [1.165, 1.54) is 98.1 Å². The Morgan fingerprint density at radius 3 is 1.51 bits per heavy atom. The van der Waals surface area contributed by atoms with Crippen molar-refractivity contribution in [1.82, 2.24) is 0 Å². The van der Waals surface area contributed by atoms with Crippen LogP contribution in [-0.2, 0) is 10.8 Å². The number of rotatable bonds is 3. The lowest BCUT2D eigenvalue weighted by Crippen LogP contribution is -2.29. The Morgan fingerprint density at radius 2 is 0.767 bits per heavy atom. The molecule has 0 fully saturated rings. The number of anilines is 3. The van der Waals surface area contributed by atoms with Gasteiger partial charge in [0.15, 0.2) is 0 Å². The second-order valence-electron chi connectivity index (χ2n) is 20.7. The molecule has 0 amide bonds. The van der Waals surface area contributed by atoms with E-state index in [2.05, 4.69) is 255 Å². The van der Waals surface area contributed by atoms with E-state index in [-0.39, 0.29) is 5.41 Å². The molecule has 1 spiro atoms. The zero-order chi connectivity index (χ0) is 48.2. The summed E-state index contributed by atoms with van der Waals surface area (Å²) in [7, 11) is 0. The smallest absolute Gasteiger partial charge is 0.135 e. The highest BCUT2D eigenvalue weighted by Gasteiger charge is 2.50. The van der Waals surface area contributed by atoms with Crippen molar-refractivity contribution < 1.29 is 4.74 Å². The minimum Gasteiger partial charge on any atom is -0.456 e. The van der Waals surface area contributed by atoms with Gasteiger partial charge < -0.3 is 9.64 Å². The van der Waals surface area contributed by atoms with Crippen molar-refractivity contribution in [2.24, 2.45) is 0 Å². The molecule has 1 aromatic heterocycles. The van der Waals surface area contributed by atoms with Gasteiger partial charge in [-0.05, 0) is 156 Å². The second-order valence-corrected chi connectivity index (χ2v) is 21.8. The fraction of sp³-hybridized carbons (Fsp3) is 0.0571. The van der Waals surface area contributed by atoms with E-state index in [0.29, 0.717) is 0 Å². The molecule has 11 aromatic carbocycles. The monoisotopic (exact) mass is 947 g/mol. The SMILES string of the molecule is CC1(C)c2ccccc2-c2ccc(N(c3ccc4c(c3)-c3ccccc3-c3ccccc3O4)c3ccc4c(c3)-c3ccccc3-c3ccccc3C43c4ccccc4-c4cc5sc6ccccc6c5cc43)cc21. The van der Waals surface area contributed by atoms with E-state index in [0.717, 1.165) is 50.8 Å². The highest BCUT2D eigenvalue weighted by atomic mass is 32.1. The van der Waals surface area contributed by atoms with Crippen LogP contribution in [0.15, 0.2) is 237 Å². The molecule has 3 aliphatic carbocycles. The zero-order valence-electron chi connectivity index (χ0n) is 40.3. The van der Waals surface area contributed by atoms with Crippen LogP contribution < -0.4 is 9.64 Å². The Labute approximate surface area is 428 Å². The molecule has 0 saturated carbocycles. The number of para-hydroxylation sites is 1. The standard InChI is InChI=1S/C70H45NOS/c1-69(2)59-26-12-7-22-50(59)52-34-31-44(39-63(52)69)71(43-33-36-66-57(38-43)48-20-6-4-18-46(48)53-24-10-15-29-65(53)72-66)42-32-35-62-55(37-42)47-19-5-3-17-45(47)49-21-8-13-27-60(49)70(62)61-28-14-9-23-51(61)56-41-68-58(40-64(56)70)54-25-11-16-30-67(54)73-68/h3-41H,1-2H3. The lowest BCUT2D eigenvalue weighted by atomic mass is 9.65.